The van der Waals surface area contributed by atoms with Crippen LogP contribution in [0.25, 0.3) is 0 Å². The van der Waals surface area contributed by atoms with E-state index < -0.39 is 11.6 Å². The Morgan fingerprint density at radius 1 is 1.29 bits per heavy atom. The Labute approximate surface area is 140 Å². The Morgan fingerprint density at radius 3 is 2.75 bits per heavy atom. The summed E-state index contributed by atoms with van der Waals surface area (Å²) in [7, 11) is 1.52. The number of para-hydroxylation sites is 1. The summed E-state index contributed by atoms with van der Waals surface area (Å²) in [5, 5.41) is 0. The van der Waals surface area contributed by atoms with Crippen molar-refractivity contribution < 1.29 is 23.9 Å². The highest BCUT2D eigenvalue weighted by Gasteiger charge is 2.61. The Hall–Kier alpha value is -2.41. The zero-order chi connectivity index (χ0) is 17.3. The van der Waals surface area contributed by atoms with E-state index in [9.17, 15) is 14.4 Å². The van der Waals surface area contributed by atoms with E-state index in [2.05, 4.69) is 0 Å². The highest BCUT2D eigenvalue weighted by molar-refractivity contribution is 6.15. The lowest BCUT2D eigenvalue weighted by molar-refractivity contribution is -0.157. The number of fused-ring (bicyclic) bond motifs is 3. The van der Waals surface area contributed by atoms with E-state index in [4.69, 9.17) is 9.47 Å². The Morgan fingerprint density at radius 2 is 2.04 bits per heavy atom. The lowest BCUT2D eigenvalue weighted by Crippen LogP contribution is -2.69. The molecule has 1 aromatic rings. The molecule has 1 fully saturated rings. The normalized spacial score (nSPS) is 22.4. The van der Waals surface area contributed by atoms with Crippen LogP contribution in [0.2, 0.25) is 0 Å². The summed E-state index contributed by atoms with van der Waals surface area (Å²) in [6.45, 7) is 2.34. The van der Waals surface area contributed by atoms with Crippen molar-refractivity contribution in [1.82, 2.24) is 4.90 Å². The van der Waals surface area contributed by atoms with Crippen LogP contribution < -0.4 is 4.90 Å². The van der Waals surface area contributed by atoms with Crippen LogP contribution in [0.5, 0.6) is 0 Å². The van der Waals surface area contributed by atoms with Crippen molar-refractivity contribution in [3.05, 3.63) is 29.8 Å². The molecule has 3 rings (SSSR count). The van der Waals surface area contributed by atoms with Crippen LogP contribution in [0, 0.1) is 0 Å². The highest BCUT2D eigenvalue weighted by atomic mass is 16.5. The summed E-state index contributed by atoms with van der Waals surface area (Å²) in [6, 6.07) is 6.85. The molecule has 0 saturated carbocycles. The summed E-state index contributed by atoms with van der Waals surface area (Å²) >= 11 is 0. The molecular weight excluding hydrogens is 312 g/mol. The topological polar surface area (TPSA) is 76.2 Å². The van der Waals surface area contributed by atoms with Gasteiger partial charge in [0.2, 0.25) is 11.6 Å². The van der Waals surface area contributed by atoms with Crippen molar-refractivity contribution >= 4 is 23.5 Å². The van der Waals surface area contributed by atoms with E-state index in [1.54, 1.807) is 31.2 Å². The molecule has 2 aliphatic heterocycles. The average Bonchev–Trinajstić information content (AvgIpc) is 2.94. The molecule has 1 aromatic carbocycles. The maximum Gasteiger partial charge on any atom is 0.353 e. The predicted molar refractivity (Wildman–Crippen MR) is 85.4 cm³/mol. The molecule has 0 radical (unpaired) electrons. The first kappa shape index (κ1) is 16.4. The number of rotatable bonds is 5. The van der Waals surface area contributed by atoms with E-state index in [1.165, 1.54) is 16.9 Å². The molecule has 0 aliphatic carbocycles. The second kappa shape index (κ2) is 6.24. The molecule has 1 atom stereocenters. The summed E-state index contributed by atoms with van der Waals surface area (Å²) < 4.78 is 10.3. The third kappa shape index (κ3) is 2.19. The maximum atomic E-state index is 13.0. The molecule has 0 aromatic heterocycles. The minimum Gasteiger partial charge on any atom is -0.463 e. The van der Waals surface area contributed by atoms with Gasteiger partial charge in [0.25, 0.3) is 5.91 Å². The van der Waals surface area contributed by atoms with E-state index in [0.29, 0.717) is 11.3 Å². The third-order valence-corrected chi connectivity index (χ3v) is 4.50. The summed E-state index contributed by atoms with van der Waals surface area (Å²) in [5.41, 5.74) is -0.549. The molecule has 24 heavy (non-hydrogen) atoms. The molecule has 2 heterocycles. The van der Waals surface area contributed by atoms with Gasteiger partial charge in [0.05, 0.1) is 24.5 Å². The summed E-state index contributed by atoms with van der Waals surface area (Å²) in [5.74, 6) is -1.05. The van der Waals surface area contributed by atoms with Crippen LogP contribution >= 0.6 is 0 Å². The number of benzene rings is 1. The maximum absolute atomic E-state index is 13.0. The van der Waals surface area contributed by atoms with Crippen LogP contribution in [0.15, 0.2) is 24.3 Å². The van der Waals surface area contributed by atoms with Crippen molar-refractivity contribution in [1.29, 1.82) is 0 Å². The molecule has 0 bridgehead atoms. The van der Waals surface area contributed by atoms with E-state index >= 15 is 0 Å². The quantitative estimate of drug-likeness (QED) is 0.757. The third-order valence-electron chi connectivity index (χ3n) is 4.50. The number of anilines is 1. The molecule has 1 saturated heterocycles. The van der Waals surface area contributed by atoms with Gasteiger partial charge in [0, 0.05) is 26.5 Å². The number of esters is 1. The lowest BCUT2D eigenvalue weighted by atomic mass is 9.96. The monoisotopic (exact) mass is 332 g/mol. The van der Waals surface area contributed by atoms with E-state index in [1.807, 2.05) is 0 Å². The minimum absolute atomic E-state index is 0.177. The van der Waals surface area contributed by atoms with Gasteiger partial charge in [-0.05, 0) is 19.1 Å². The number of methoxy groups -OCH3 is 1. The first-order valence-electron chi connectivity index (χ1n) is 7.98. The largest absolute Gasteiger partial charge is 0.463 e. The van der Waals surface area contributed by atoms with Crippen LogP contribution in [0.3, 0.4) is 0 Å². The van der Waals surface area contributed by atoms with Gasteiger partial charge in [0.15, 0.2) is 0 Å². The van der Waals surface area contributed by atoms with Crippen molar-refractivity contribution in [3.63, 3.8) is 0 Å². The standard InChI is InChI=1S/C17H20N2O5/c1-3-24-16(22)17-9-8-14(20)19(17)13-7-5-4-6-12(13)15(21)18(17)10-11-23-2/h4-7H,3,8-11H2,1-2H3. The summed E-state index contributed by atoms with van der Waals surface area (Å²) in [6.07, 6.45) is 0.401. The number of carbonyl (C=O) groups excluding carboxylic acids is 3. The molecule has 2 aliphatic rings. The average molecular weight is 332 g/mol. The zero-order valence-electron chi connectivity index (χ0n) is 13.8. The van der Waals surface area contributed by atoms with Gasteiger partial charge in [-0.3, -0.25) is 14.5 Å². The number of ether oxygens (including phenoxy) is 2. The smallest absolute Gasteiger partial charge is 0.353 e. The van der Waals surface area contributed by atoms with E-state index in [-0.39, 0.29) is 44.4 Å². The molecular formula is C17H20N2O5. The van der Waals surface area contributed by atoms with Crippen LogP contribution in [-0.4, -0.2) is 55.2 Å². The Bertz CT molecular complexity index is 689. The predicted octanol–water partition coefficient (Wildman–Crippen LogP) is 1.18. The molecule has 2 amide bonds. The Balaban J connectivity index is 2.18. The first-order valence-corrected chi connectivity index (χ1v) is 7.98. The van der Waals surface area contributed by atoms with Gasteiger partial charge < -0.3 is 14.4 Å². The molecule has 128 valence electrons. The second-order valence-electron chi connectivity index (χ2n) is 5.73. The number of nitrogens with zero attached hydrogens (tertiary/aromatic N) is 2. The van der Waals surface area contributed by atoms with Gasteiger partial charge >= 0.3 is 5.97 Å². The molecule has 7 nitrogen and oxygen atoms in total. The SMILES string of the molecule is CCOC(=O)C12CCC(=O)N1c1ccccc1C(=O)N2CCOC. The second-order valence-corrected chi connectivity index (χ2v) is 5.73. The van der Waals surface area contributed by atoms with Crippen molar-refractivity contribution in [2.75, 3.05) is 31.8 Å². The summed E-state index contributed by atoms with van der Waals surface area (Å²) in [4.78, 5) is 41.2. The molecule has 1 unspecified atom stereocenters. The zero-order valence-corrected chi connectivity index (χ0v) is 13.8. The fourth-order valence-corrected chi connectivity index (χ4v) is 3.48. The number of carbonyl (C=O) groups is 3. The number of amides is 2. The highest BCUT2D eigenvalue weighted by Crippen LogP contribution is 2.44. The van der Waals surface area contributed by atoms with Gasteiger partial charge in [-0.15, -0.1) is 0 Å². The fraction of sp³-hybridized carbons (Fsp3) is 0.471. The van der Waals surface area contributed by atoms with Crippen molar-refractivity contribution in [2.24, 2.45) is 0 Å². The van der Waals surface area contributed by atoms with Crippen molar-refractivity contribution in [3.8, 4) is 0 Å². The lowest BCUT2D eigenvalue weighted by Gasteiger charge is -2.48. The number of hydrogen-bond donors (Lipinski definition) is 0. The molecule has 0 N–H and O–H groups in total. The van der Waals surface area contributed by atoms with Gasteiger partial charge in [0.1, 0.15) is 0 Å². The van der Waals surface area contributed by atoms with Gasteiger partial charge in [-0.1, -0.05) is 12.1 Å². The van der Waals surface area contributed by atoms with Crippen LogP contribution in [0.4, 0.5) is 5.69 Å². The van der Waals surface area contributed by atoms with Crippen molar-refractivity contribution in [2.45, 2.75) is 25.4 Å². The van der Waals surface area contributed by atoms with E-state index in [0.717, 1.165) is 0 Å². The number of hydrogen-bond acceptors (Lipinski definition) is 5. The van der Waals surface area contributed by atoms with Crippen LogP contribution in [0.1, 0.15) is 30.1 Å². The fourth-order valence-electron chi connectivity index (χ4n) is 3.48. The molecule has 0 spiro atoms. The van der Waals surface area contributed by atoms with Gasteiger partial charge in [-0.25, -0.2) is 4.79 Å². The molecule has 7 heteroatoms. The minimum atomic E-state index is -1.42. The van der Waals surface area contributed by atoms with Gasteiger partial charge in [-0.2, -0.15) is 0 Å². The first-order chi connectivity index (χ1) is 11.6. The Kier molecular flexibility index (Phi) is 4.28. The van der Waals surface area contributed by atoms with Crippen LogP contribution in [-0.2, 0) is 19.1 Å².